The van der Waals surface area contributed by atoms with E-state index in [0.717, 1.165) is 5.56 Å². The Balaban J connectivity index is 2.85. The first-order valence-corrected chi connectivity index (χ1v) is 5.31. The van der Waals surface area contributed by atoms with Gasteiger partial charge in [-0.3, -0.25) is 4.79 Å². The fraction of sp³-hybridized carbons (Fsp3) is 0.167. The number of carbonyl (C=O) groups excluding carboxylic acids is 1. The van der Waals surface area contributed by atoms with Gasteiger partial charge in [0.2, 0.25) is 0 Å². The van der Waals surface area contributed by atoms with Crippen LogP contribution in [0.1, 0.15) is 5.56 Å². The lowest BCUT2D eigenvalue weighted by Crippen LogP contribution is -2.15. The fourth-order valence-corrected chi connectivity index (χ4v) is 1.34. The van der Waals surface area contributed by atoms with Gasteiger partial charge in [-0.15, -0.1) is 0 Å². The highest BCUT2D eigenvalue weighted by atomic mass is 35.5. The number of amides is 1. The van der Waals surface area contributed by atoms with Crippen molar-refractivity contribution in [2.24, 2.45) is 0 Å². The Bertz CT molecular complexity index is 503. The average Bonchev–Trinajstić information content (AvgIpc) is 2.30. The van der Waals surface area contributed by atoms with E-state index in [2.05, 4.69) is 10.6 Å². The Morgan fingerprint density at radius 1 is 1.53 bits per heavy atom. The van der Waals surface area contributed by atoms with Gasteiger partial charge in [-0.1, -0.05) is 17.7 Å². The van der Waals surface area contributed by atoms with Crippen molar-refractivity contribution < 1.29 is 4.79 Å². The molecule has 0 aromatic heterocycles. The number of nitriles is 1. The van der Waals surface area contributed by atoms with Crippen molar-refractivity contribution in [3.8, 4) is 6.07 Å². The molecular weight excluding hydrogens is 238 g/mol. The summed E-state index contributed by atoms with van der Waals surface area (Å²) in [6, 6.07) is 6.97. The van der Waals surface area contributed by atoms with E-state index in [-0.39, 0.29) is 5.57 Å². The summed E-state index contributed by atoms with van der Waals surface area (Å²) in [4.78, 5) is 11.6. The Labute approximate surface area is 105 Å². The standard InChI is InChI=1S/C12H12ClN3O/c1-8-3-4-10(5-11(8)13)16-12(17)9(6-14)7-15-2/h3-5,7,15H,1-2H3,(H,16,17)/b9-7-. The summed E-state index contributed by atoms with van der Waals surface area (Å²) in [6.07, 6.45) is 1.34. The molecule has 2 N–H and O–H groups in total. The Hall–Kier alpha value is -1.99. The number of nitrogens with zero attached hydrogens (tertiary/aromatic N) is 1. The van der Waals surface area contributed by atoms with Crippen LogP contribution in [-0.4, -0.2) is 13.0 Å². The normalized spacial score (nSPS) is 10.6. The molecule has 1 aromatic carbocycles. The molecule has 17 heavy (non-hydrogen) atoms. The SMILES string of the molecule is CN/C=C(/C#N)C(=O)Nc1ccc(C)c(Cl)c1. The fourth-order valence-electron chi connectivity index (χ4n) is 1.16. The van der Waals surface area contributed by atoms with Gasteiger partial charge >= 0.3 is 0 Å². The molecule has 1 amide bonds. The molecule has 4 nitrogen and oxygen atoms in total. The topological polar surface area (TPSA) is 64.9 Å². The third-order valence-corrected chi connectivity index (χ3v) is 2.49. The van der Waals surface area contributed by atoms with Crippen LogP contribution in [0.25, 0.3) is 0 Å². The first-order valence-electron chi connectivity index (χ1n) is 4.93. The lowest BCUT2D eigenvalue weighted by Gasteiger charge is -2.05. The Kier molecular flexibility index (Phi) is 4.56. The molecule has 0 aliphatic carbocycles. The first kappa shape index (κ1) is 13.1. The van der Waals surface area contributed by atoms with Gasteiger partial charge in [0.1, 0.15) is 11.6 Å². The second kappa shape index (κ2) is 5.92. The van der Waals surface area contributed by atoms with Crippen LogP contribution >= 0.6 is 11.6 Å². The highest BCUT2D eigenvalue weighted by Gasteiger charge is 2.09. The van der Waals surface area contributed by atoms with Crippen molar-refractivity contribution in [1.29, 1.82) is 5.26 Å². The zero-order valence-corrected chi connectivity index (χ0v) is 10.3. The van der Waals surface area contributed by atoms with E-state index in [1.54, 1.807) is 31.3 Å². The molecule has 5 heteroatoms. The summed E-state index contributed by atoms with van der Waals surface area (Å²) in [5.74, 6) is -0.471. The van der Waals surface area contributed by atoms with E-state index in [4.69, 9.17) is 16.9 Å². The molecule has 0 fully saturated rings. The van der Waals surface area contributed by atoms with Gasteiger partial charge in [0.15, 0.2) is 0 Å². The monoisotopic (exact) mass is 249 g/mol. The molecule has 88 valence electrons. The van der Waals surface area contributed by atoms with Crippen LogP contribution in [0.3, 0.4) is 0 Å². The molecule has 0 bridgehead atoms. The maximum Gasteiger partial charge on any atom is 0.267 e. The van der Waals surface area contributed by atoms with E-state index in [1.165, 1.54) is 6.20 Å². The largest absolute Gasteiger partial charge is 0.393 e. The number of benzene rings is 1. The van der Waals surface area contributed by atoms with Crippen molar-refractivity contribution in [1.82, 2.24) is 5.32 Å². The molecule has 1 rings (SSSR count). The lowest BCUT2D eigenvalue weighted by atomic mass is 10.2. The van der Waals surface area contributed by atoms with E-state index < -0.39 is 5.91 Å². The third-order valence-electron chi connectivity index (χ3n) is 2.08. The van der Waals surface area contributed by atoms with Crippen LogP contribution in [0.2, 0.25) is 5.02 Å². The highest BCUT2D eigenvalue weighted by Crippen LogP contribution is 2.20. The molecular formula is C12H12ClN3O. The molecule has 0 saturated heterocycles. The molecule has 0 atom stereocenters. The number of hydrogen-bond donors (Lipinski definition) is 2. The minimum absolute atomic E-state index is 0.00389. The number of aryl methyl sites for hydroxylation is 1. The molecule has 0 radical (unpaired) electrons. The number of anilines is 1. The van der Waals surface area contributed by atoms with Crippen LogP contribution in [0.5, 0.6) is 0 Å². The van der Waals surface area contributed by atoms with Crippen LogP contribution < -0.4 is 10.6 Å². The first-order chi connectivity index (χ1) is 8.08. The number of nitrogens with one attached hydrogen (secondary N) is 2. The van der Waals surface area contributed by atoms with Gasteiger partial charge in [0.05, 0.1) is 0 Å². The van der Waals surface area contributed by atoms with E-state index in [9.17, 15) is 4.79 Å². The molecule has 1 aromatic rings. The molecule has 0 aliphatic heterocycles. The quantitative estimate of drug-likeness (QED) is 0.638. The van der Waals surface area contributed by atoms with Crippen molar-refractivity contribution in [2.75, 3.05) is 12.4 Å². The van der Waals surface area contributed by atoms with Gasteiger partial charge in [-0.25, -0.2) is 0 Å². The summed E-state index contributed by atoms with van der Waals surface area (Å²) in [6.45, 7) is 1.87. The van der Waals surface area contributed by atoms with Gasteiger partial charge in [0.25, 0.3) is 5.91 Å². The summed E-state index contributed by atoms with van der Waals surface area (Å²) in [7, 11) is 1.62. The van der Waals surface area contributed by atoms with Crippen LogP contribution in [-0.2, 0) is 4.79 Å². The summed E-state index contributed by atoms with van der Waals surface area (Å²) in [5.41, 5.74) is 1.49. The Morgan fingerprint density at radius 3 is 2.76 bits per heavy atom. The molecule has 0 aliphatic rings. The van der Waals surface area contributed by atoms with Gasteiger partial charge in [-0.05, 0) is 24.6 Å². The summed E-state index contributed by atoms with van der Waals surface area (Å²) >= 11 is 5.93. The van der Waals surface area contributed by atoms with E-state index in [1.807, 2.05) is 6.92 Å². The number of halogens is 1. The molecule has 0 unspecified atom stereocenters. The average molecular weight is 250 g/mol. The third kappa shape index (κ3) is 3.51. The predicted octanol–water partition coefficient (Wildman–Crippen LogP) is 2.21. The Morgan fingerprint density at radius 2 is 2.24 bits per heavy atom. The van der Waals surface area contributed by atoms with Crippen LogP contribution in [0.15, 0.2) is 30.0 Å². The highest BCUT2D eigenvalue weighted by molar-refractivity contribution is 6.31. The van der Waals surface area contributed by atoms with Crippen molar-refractivity contribution >= 4 is 23.2 Å². The molecule has 0 spiro atoms. The second-order valence-electron chi connectivity index (χ2n) is 3.38. The number of carbonyl (C=O) groups is 1. The summed E-state index contributed by atoms with van der Waals surface area (Å²) < 4.78 is 0. The van der Waals surface area contributed by atoms with Crippen molar-refractivity contribution in [3.63, 3.8) is 0 Å². The van der Waals surface area contributed by atoms with Crippen molar-refractivity contribution in [2.45, 2.75) is 6.92 Å². The minimum atomic E-state index is -0.471. The van der Waals surface area contributed by atoms with E-state index in [0.29, 0.717) is 10.7 Å². The molecule has 0 heterocycles. The van der Waals surface area contributed by atoms with Crippen molar-refractivity contribution in [3.05, 3.63) is 40.6 Å². The van der Waals surface area contributed by atoms with Gasteiger partial charge in [0, 0.05) is 24.0 Å². The maximum atomic E-state index is 11.6. The number of rotatable bonds is 3. The van der Waals surface area contributed by atoms with Crippen LogP contribution in [0, 0.1) is 18.3 Å². The molecule has 0 saturated carbocycles. The summed E-state index contributed by atoms with van der Waals surface area (Å²) in [5, 5.41) is 14.6. The smallest absolute Gasteiger partial charge is 0.267 e. The zero-order valence-electron chi connectivity index (χ0n) is 9.54. The lowest BCUT2D eigenvalue weighted by molar-refractivity contribution is -0.112. The second-order valence-corrected chi connectivity index (χ2v) is 3.78. The predicted molar refractivity (Wildman–Crippen MR) is 67.6 cm³/mol. The van der Waals surface area contributed by atoms with Crippen LogP contribution in [0.4, 0.5) is 5.69 Å². The van der Waals surface area contributed by atoms with Gasteiger partial charge < -0.3 is 10.6 Å². The van der Waals surface area contributed by atoms with E-state index >= 15 is 0 Å². The zero-order chi connectivity index (χ0) is 12.8. The maximum absolute atomic E-state index is 11.6. The number of hydrogen-bond acceptors (Lipinski definition) is 3. The minimum Gasteiger partial charge on any atom is -0.393 e. The van der Waals surface area contributed by atoms with Gasteiger partial charge in [-0.2, -0.15) is 5.26 Å².